The summed E-state index contributed by atoms with van der Waals surface area (Å²) < 4.78 is 52.5. The fourth-order valence-corrected chi connectivity index (χ4v) is 4.11. The molecule has 1 amide bonds. The minimum Gasteiger partial charge on any atom is -0.496 e. The van der Waals surface area contributed by atoms with Gasteiger partial charge < -0.3 is 19.6 Å². The van der Waals surface area contributed by atoms with E-state index in [2.05, 4.69) is 14.7 Å². The molecule has 12 heteroatoms. The first-order chi connectivity index (χ1) is 16.1. The largest absolute Gasteiger partial charge is 0.496 e. The molecule has 2 aromatic rings. The van der Waals surface area contributed by atoms with Crippen LogP contribution in [-0.2, 0) is 22.6 Å². The molecule has 34 heavy (non-hydrogen) atoms. The number of halogens is 4. The lowest BCUT2D eigenvalue weighted by atomic mass is 10.1. The molecule has 8 nitrogen and oxygen atoms in total. The Labute approximate surface area is 193 Å². The molecule has 3 heterocycles. The summed E-state index contributed by atoms with van der Waals surface area (Å²) in [6.45, 7) is 4.35. The van der Waals surface area contributed by atoms with Gasteiger partial charge in [0.05, 0.1) is 31.8 Å². The zero-order valence-electron chi connectivity index (χ0n) is 18.6. The van der Waals surface area contributed by atoms with Crippen molar-refractivity contribution in [3.8, 4) is 5.75 Å². The highest BCUT2D eigenvalue weighted by Crippen LogP contribution is 2.25. The maximum Gasteiger partial charge on any atom is 0.490 e. The van der Waals surface area contributed by atoms with E-state index in [-0.39, 0.29) is 24.2 Å². The third kappa shape index (κ3) is 6.46. The summed E-state index contributed by atoms with van der Waals surface area (Å²) >= 11 is 0. The number of carboxylic acid groups (broad SMARTS) is 1. The molecule has 2 aliphatic rings. The van der Waals surface area contributed by atoms with Gasteiger partial charge in [-0.2, -0.15) is 18.3 Å². The first kappa shape index (κ1) is 25.5. The number of methoxy groups -OCH3 is 1. The number of likely N-dealkylation sites (tertiary alicyclic amines) is 1. The van der Waals surface area contributed by atoms with Crippen molar-refractivity contribution in [3.05, 3.63) is 47.5 Å². The number of nitrogens with zero attached hydrogens (tertiary/aromatic N) is 4. The quantitative estimate of drug-likeness (QED) is 0.654. The molecule has 1 aromatic carbocycles. The first-order valence-corrected chi connectivity index (χ1v) is 10.7. The van der Waals surface area contributed by atoms with Gasteiger partial charge in [-0.05, 0) is 38.1 Å². The smallest absolute Gasteiger partial charge is 0.490 e. The predicted molar refractivity (Wildman–Crippen MR) is 113 cm³/mol. The van der Waals surface area contributed by atoms with Crippen LogP contribution in [0.15, 0.2) is 30.5 Å². The highest BCUT2D eigenvalue weighted by Gasteiger charge is 2.38. The third-order valence-electron chi connectivity index (χ3n) is 5.74. The third-order valence-corrected chi connectivity index (χ3v) is 5.74. The summed E-state index contributed by atoms with van der Waals surface area (Å²) in [5.41, 5.74) is 1.77. The van der Waals surface area contributed by atoms with Crippen LogP contribution < -0.4 is 4.74 Å². The van der Waals surface area contributed by atoms with Crippen molar-refractivity contribution >= 4 is 11.9 Å². The summed E-state index contributed by atoms with van der Waals surface area (Å²) in [4.78, 5) is 26.2. The Morgan fingerprint density at radius 2 is 1.88 bits per heavy atom. The van der Waals surface area contributed by atoms with E-state index in [0.717, 1.165) is 25.3 Å². The molecule has 2 aliphatic heterocycles. The molecule has 1 N–H and O–H groups in total. The number of carbonyl (C=O) groups is 2. The van der Waals surface area contributed by atoms with Gasteiger partial charge in [-0.25, -0.2) is 9.18 Å². The normalized spacial score (nSPS) is 18.1. The highest BCUT2D eigenvalue weighted by atomic mass is 19.4. The zero-order chi connectivity index (χ0) is 24.9. The lowest BCUT2D eigenvalue weighted by Gasteiger charge is -2.36. The lowest BCUT2D eigenvalue weighted by molar-refractivity contribution is -0.192. The van der Waals surface area contributed by atoms with E-state index in [1.54, 1.807) is 6.07 Å². The molecule has 1 unspecified atom stereocenters. The number of carbonyl (C=O) groups excluding carboxylic acids is 1. The van der Waals surface area contributed by atoms with Gasteiger partial charge in [-0.3, -0.25) is 9.48 Å². The topological polar surface area (TPSA) is 87.9 Å². The van der Waals surface area contributed by atoms with Gasteiger partial charge >= 0.3 is 12.1 Å². The Morgan fingerprint density at radius 3 is 2.50 bits per heavy atom. The highest BCUT2D eigenvalue weighted by molar-refractivity contribution is 5.79. The van der Waals surface area contributed by atoms with Crippen LogP contribution >= 0.6 is 0 Å². The number of fused-ring (bicyclic) bond motifs is 1. The number of aromatic nitrogens is 2. The molecule has 4 rings (SSSR count). The summed E-state index contributed by atoms with van der Waals surface area (Å²) in [5, 5.41) is 11.6. The average Bonchev–Trinajstić information content (AvgIpc) is 3.46. The summed E-state index contributed by atoms with van der Waals surface area (Å²) in [6, 6.07) is 6.47. The fraction of sp³-hybridized carbons (Fsp3) is 0.500. The Kier molecular flexibility index (Phi) is 8.13. The van der Waals surface area contributed by atoms with Crippen molar-refractivity contribution in [2.75, 3.05) is 33.3 Å². The van der Waals surface area contributed by atoms with Crippen LogP contribution in [0.4, 0.5) is 17.6 Å². The van der Waals surface area contributed by atoms with Crippen LogP contribution in [0.5, 0.6) is 5.75 Å². The lowest BCUT2D eigenvalue weighted by Crippen LogP contribution is -2.45. The van der Waals surface area contributed by atoms with Crippen LogP contribution in [0.1, 0.15) is 30.1 Å². The van der Waals surface area contributed by atoms with E-state index in [1.165, 1.54) is 32.1 Å². The summed E-state index contributed by atoms with van der Waals surface area (Å²) in [6.07, 6.45) is -0.589. The maximum absolute atomic E-state index is 13.4. The molecule has 0 radical (unpaired) electrons. The number of benzene rings is 1. The fourth-order valence-electron chi connectivity index (χ4n) is 4.11. The van der Waals surface area contributed by atoms with E-state index in [1.807, 2.05) is 17.2 Å². The number of hydrogen-bond acceptors (Lipinski definition) is 5. The van der Waals surface area contributed by atoms with Crippen molar-refractivity contribution < 1.29 is 37.0 Å². The number of amides is 1. The number of alkyl halides is 3. The van der Waals surface area contributed by atoms with E-state index in [0.29, 0.717) is 24.4 Å². The maximum atomic E-state index is 13.4. The Bertz CT molecular complexity index is 1010. The van der Waals surface area contributed by atoms with E-state index < -0.39 is 12.1 Å². The standard InChI is InChI=1S/C20H25FN4O2.C2HF3O2/c1-27-19-11-16(21)5-4-15(19)10-20(26)24-13-17-6-7-22-25(17)18(14-24)12-23-8-2-3-9-23;3-2(4,5)1(6)7/h4-7,11,18H,2-3,8-10,12-14H2,1H3;(H,6,7). The molecular weight excluding hydrogens is 460 g/mol. The molecular formula is C22H26F4N4O4. The van der Waals surface area contributed by atoms with Gasteiger partial charge in [0.25, 0.3) is 0 Å². The summed E-state index contributed by atoms with van der Waals surface area (Å²) in [5.74, 6) is -2.68. The predicted octanol–water partition coefficient (Wildman–Crippen LogP) is 2.89. The van der Waals surface area contributed by atoms with Crippen molar-refractivity contribution in [2.24, 2.45) is 0 Å². The minimum absolute atomic E-state index is 0.0266. The second-order valence-electron chi connectivity index (χ2n) is 8.14. The molecule has 186 valence electrons. The molecule has 1 aromatic heterocycles. The van der Waals surface area contributed by atoms with Crippen LogP contribution in [0.3, 0.4) is 0 Å². The molecule has 0 bridgehead atoms. The van der Waals surface area contributed by atoms with E-state index in [9.17, 15) is 22.4 Å². The van der Waals surface area contributed by atoms with Gasteiger partial charge in [0.2, 0.25) is 5.91 Å². The van der Waals surface area contributed by atoms with Crippen LogP contribution in [-0.4, -0.2) is 76.0 Å². The van der Waals surface area contributed by atoms with E-state index >= 15 is 0 Å². The molecule has 0 saturated carbocycles. The second kappa shape index (κ2) is 10.9. The van der Waals surface area contributed by atoms with Gasteiger partial charge in [0.1, 0.15) is 11.6 Å². The van der Waals surface area contributed by atoms with Gasteiger partial charge in [0, 0.05) is 30.9 Å². The van der Waals surface area contributed by atoms with Gasteiger partial charge in [-0.1, -0.05) is 6.07 Å². The average molecular weight is 486 g/mol. The Balaban J connectivity index is 0.000000406. The Hall–Kier alpha value is -3.15. The molecule has 1 fully saturated rings. The second-order valence-corrected chi connectivity index (χ2v) is 8.14. The Morgan fingerprint density at radius 1 is 1.21 bits per heavy atom. The molecule has 0 spiro atoms. The number of aliphatic carboxylic acids is 1. The molecule has 0 aliphatic carbocycles. The number of rotatable bonds is 5. The van der Waals surface area contributed by atoms with E-state index in [4.69, 9.17) is 14.6 Å². The SMILES string of the molecule is COc1cc(F)ccc1CC(=O)N1Cc2ccnn2C(CN2CCCC2)C1.O=C(O)C(F)(F)F. The summed E-state index contributed by atoms with van der Waals surface area (Å²) in [7, 11) is 1.49. The van der Waals surface area contributed by atoms with Crippen LogP contribution in [0.2, 0.25) is 0 Å². The van der Waals surface area contributed by atoms with Gasteiger partial charge in [-0.15, -0.1) is 0 Å². The van der Waals surface area contributed by atoms with Crippen molar-refractivity contribution in [1.29, 1.82) is 0 Å². The van der Waals surface area contributed by atoms with Crippen molar-refractivity contribution in [1.82, 2.24) is 19.6 Å². The van der Waals surface area contributed by atoms with Crippen molar-refractivity contribution in [3.63, 3.8) is 0 Å². The van der Waals surface area contributed by atoms with Gasteiger partial charge in [0.15, 0.2) is 0 Å². The van der Waals surface area contributed by atoms with Crippen molar-refractivity contribution in [2.45, 2.75) is 38.0 Å². The minimum atomic E-state index is -5.08. The molecule has 1 atom stereocenters. The monoisotopic (exact) mass is 486 g/mol. The number of carboxylic acids is 1. The van der Waals surface area contributed by atoms with Crippen LogP contribution in [0, 0.1) is 5.82 Å². The zero-order valence-corrected chi connectivity index (χ0v) is 18.6. The molecule has 1 saturated heterocycles. The first-order valence-electron chi connectivity index (χ1n) is 10.7. The van der Waals surface area contributed by atoms with Crippen LogP contribution in [0.25, 0.3) is 0 Å². The number of ether oxygens (including phenoxy) is 1. The number of hydrogen-bond donors (Lipinski definition) is 1.